The molecular weight excluding hydrogens is 293 g/mol. The van der Waals surface area contributed by atoms with Gasteiger partial charge in [0.05, 0.1) is 6.04 Å². The van der Waals surface area contributed by atoms with Gasteiger partial charge in [-0.15, -0.1) is 0 Å². The lowest BCUT2D eigenvalue weighted by molar-refractivity contribution is 0.599. The summed E-state index contributed by atoms with van der Waals surface area (Å²) >= 11 is 3.47. The highest BCUT2D eigenvalue weighted by molar-refractivity contribution is 9.10. The van der Waals surface area contributed by atoms with E-state index in [1.54, 1.807) is 12.1 Å². The van der Waals surface area contributed by atoms with Crippen molar-refractivity contribution in [3.05, 3.63) is 68.9 Å². The SMILES string of the molecule is Cc1ccc(F)c(C(N)c2ccc(C)c(Br)c2)c1. The average Bonchev–Trinajstić information content (AvgIpc) is 2.35. The van der Waals surface area contributed by atoms with Crippen LogP contribution >= 0.6 is 15.9 Å². The second-order valence-electron chi connectivity index (χ2n) is 4.51. The lowest BCUT2D eigenvalue weighted by Crippen LogP contribution is -2.14. The topological polar surface area (TPSA) is 26.0 Å². The van der Waals surface area contributed by atoms with Gasteiger partial charge in [0.15, 0.2) is 0 Å². The van der Waals surface area contributed by atoms with Gasteiger partial charge in [-0.2, -0.15) is 0 Å². The molecule has 0 aliphatic carbocycles. The number of hydrogen-bond acceptors (Lipinski definition) is 1. The highest BCUT2D eigenvalue weighted by Gasteiger charge is 2.14. The molecule has 0 bridgehead atoms. The Morgan fingerprint density at radius 1 is 1.11 bits per heavy atom. The predicted molar refractivity (Wildman–Crippen MR) is 76.0 cm³/mol. The number of nitrogens with two attached hydrogens (primary N) is 1. The second kappa shape index (κ2) is 5.21. The Balaban J connectivity index is 2.44. The molecule has 0 radical (unpaired) electrons. The van der Waals surface area contributed by atoms with Crippen molar-refractivity contribution in [2.24, 2.45) is 5.73 Å². The number of hydrogen-bond donors (Lipinski definition) is 1. The van der Waals surface area contributed by atoms with E-state index >= 15 is 0 Å². The Kier molecular flexibility index (Phi) is 3.83. The zero-order chi connectivity index (χ0) is 13.3. The third-order valence-electron chi connectivity index (χ3n) is 3.04. The molecule has 1 unspecified atom stereocenters. The third kappa shape index (κ3) is 2.62. The first-order chi connectivity index (χ1) is 8.49. The molecule has 1 nitrogen and oxygen atoms in total. The average molecular weight is 308 g/mol. The predicted octanol–water partition coefficient (Wildman–Crippen LogP) is 4.25. The Morgan fingerprint density at radius 3 is 2.50 bits per heavy atom. The van der Waals surface area contributed by atoms with Gasteiger partial charge in [-0.3, -0.25) is 0 Å². The molecule has 2 N–H and O–H groups in total. The third-order valence-corrected chi connectivity index (χ3v) is 3.90. The van der Waals surface area contributed by atoms with Crippen LogP contribution < -0.4 is 5.73 Å². The molecule has 1 atom stereocenters. The fraction of sp³-hybridized carbons (Fsp3) is 0.200. The van der Waals surface area contributed by atoms with E-state index in [0.29, 0.717) is 5.56 Å². The van der Waals surface area contributed by atoms with Crippen LogP contribution in [0.3, 0.4) is 0 Å². The molecule has 2 aromatic rings. The van der Waals surface area contributed by atoms with Gasteiger partial charge in [0.1, 0.15) is 5.82 Å². The Bertz CT molecular complexity index is 581. The maximum absolute atomic E-state index is 13.8. The van der Waals surface area contributed by atoms with Crippen molar-refractivity contribution in [1.82, 2.24) is 0 Å². The Hall–Kier alpha value is -1.19. The van der Waals surface area contributed by atoms with E-state index in [1.807, 2.05) is 32.0 Å². The molecule has 0 fully saturated rings. The molecule has 18 heavy (non-hydrogen) atoms. The zero-order valence-corrected chi connectivity index (χ0v) is 12.0. The molecule has 0 aromatic heterocycles. The van der Waals surface area contributed by atoms with Crippen molar-refractivity contribution in [2.75, 3.05) is 0 Å². The molecule has 2 aromatic carbocycles. The van der Waals surface area contributed by atoms with Crippen LogP contribution in [-0.2, 0) is 0 Å². The summed E-state index contributed by atoms with van der Waals surface area (Å²) in [6.45, 7) is 3.94. The lowest BCUT2D eigenvalue weighted by Gasteiger charge is -2.15. The van der Waals surface area contributed by atoms with Crippen LogP contribution in [0.5, 0.6) is 0 Å². The van der Waals surface area contributed by atoms with E-state index in [1.165, 1.54) is 6.07 Å². The first-order valence-corrected chi connectivity index (χ1v) is 6.56. The van der Waals surface area contributed by atoms with Gasteiger partial charge in [0.25, 0.3) is 0 Å². The molecule has 0 aliphatic rings. The summed E-state index contributed by atoms with van der Waals surface area (Å²) in [7, 11) is 0. The van der Waals surface area contributed by atoms with Gasteiger partial charge in [-0.1, -0.05) is 45.8 Å². The van der Waals surface area contributed by atoms with Crippen molar-refractivity contribution in [3.8, 4) is 0 Å². The van der Waals surface area contributed by atoms with Gasteiger partial charge >= 0.3 is 0 Å². The normalized spacial score (nSPS) is 12.5. The molecule has 0 saturated carbocycles. The minimum absolute atomic E-state index is 0.259. The first-order valence-electron chi connectivity index (χ1n) is 5.76. The molecule has 0 aliphatic heterocycles. The maximum atomic E-state index is 13.8. The first kappa shape index (κ1) is 13.2. The summed E-state index contributed by atoms with van der Waals surface area (Å²) in [5, 5.41) is 0. The second-order valence-corrected chi connectivity index (χ2v) is 5.37. The number of halogens is 2. The number of benzene rings is 2. The van der Waals surface area contributed by atoms with E-state index in [2.05, 4.69) is 15.9 Å². The van der Waals surface area contributed by atoms with Crippen molar-refractivity contribution in [3.63, 3.8) is 0 Å². The largest absolute Gasteiger partial charge is 0.320 e. The highest BCUT2D eigenvalue weighted by Crippen LogP contribution is 2.26. The van der Waals surface area contributed by atoms with Crippen LogP contribution in [0.2, 0.25) is 0 Å². The summed E-state index contributed by atoms with van der Waals surface area (Å²) in [5.41, 5.74) is 9.72. The van der Waals surface area contributed by atoms with E-state index < -0.39 is 6.04 Å². The van der Waals surface area contributed by atoms with E-state index in [4.69, 9.17) is 5.73 Å². The van der Waals surface area contributed by atoms with Crippen LogP contribution in [0.4, 0.5) is 4.39 Å². The molecule has 0 saturated heterocycles. The van der Waals surface area contributed by atoms with Crippen molar-refractivity contribution in [1.29, 1.82) is 0 Å². The van der Waals surface area contributed by atoms with Crippen LogP contribution in [0.1, 0.15) is 28.3 Å². The standard InChI is InChI=1S/C15H15BrFN/c1-9-3-6-14(17)12(7-9)15(18)11-5-4-10(2)13(16)8-11/h3-8,15H,18H2,1-2H3. The molecule has 0 spiro atoms. The fourth-order valence-electron chi connectivity index (χ4n) is 1.88. The van der Waals surface area contributed by atoms with Gasteiger partial charge in [0, 0.05) is 10.0 Å². The Labute approximate surface area is 115 Å². The maximum Gasteiger partial charge on any atom is 0.128 e. The van der Waals surface area contributed by atoms with E-state index in [-0.39, 0.29) is 5.82 Å². The van der Waals surface area contributed by atoms with Crippen molar-refractivity contribution < 1.29 is 4.39 Å². The molecule has 0 heterocycles. The summed E-state index contributed by atoms with van der Waals surface area (Å²) < 4.78 is 14.8. The number of aryl methyl sites for hydroxylation is 2. The fourth-order valence-corrected chi connectivity index (χ4v) is 2.28. The van der Waals surface area contributed by atoms with E-state index in [9.17, 15) is 4.39 Å². The lowest BCUT2D eigenvalue weighted by atomic mass is 9.97. The quantitative estimate of drug-likeness (QED) is 0.881. The summed E-state index contributed by atoms with van der Waals surface area (Å²) in [6, 6.07) is 10.4. The Morgan fingerprint density at radius 2 is 1.83 bits per heavy atom. The minimum Gasteiger partial charge on any atom is -0.320 e. The van der Waals surface area contributed by atoms with Gasteiger partial charge in [-0.05, 0) is 37.1 Å². The van der Waals surface area contributed by atoms with Crippen LogP contribution in [0.25, 0.3) is 0 Å². The van der Waals surface area contributed by atoms with Gasteiger partial charge in [0.2, 0.25) is 0 Å². The van der Waals surface area contributed by atoms with Gasteiger partial charge in [-0.25, -0.2) is 4.39 Å². The van der Waals surface area contributed by atoms with Crippen LogP contribution in [0, 0.1) is 19.7 Å². The molecular formula is C15H15BrFN. The highest BCUT2D eigenvalue weighted by atomic mass is 79.9. The molecule has 0 amide bonds. The van der Waals surface area contributed by atoms with E-state index in [0.717, 1.165) is 21.2 Å². The molecule has 3 heteroatoms. The van der Waals surface area contributed by atoms with Crippen molar-refractivity contribution in [2.45, 2.75) is 19.9 Å². The summed E-state index contributed by atoms with van der Waals surface area (Å²) in [6.07, 6.45) is 0. The van der Waals surface area contributed by atoms with Crippen LogP contribution in [0.15, 0.2) is 40.9 Å². The smallest absolute Gasteiger partial charge is 0.128 e. The van der Waals surface area contributed by atoms with Gasteiger partial charge < -0.3 is 5.73 Å². The summed E-state index contributed by atoms with van der Waals surface area (Å²) in [5.74, 6) is -0.259. The van der Waals surface area contributed by atoms with Crippen molar-refractivity contribution >= 4 is 15.9 Å². The monoisotopic (exact) mass is 307 g/mol. The number of rotatable bonds is 2. The molecule has 2 rings (SSSR count). The zero-order valence-electron chi connectivity index (χ0n) is 10.4. The summed E-state index contributed by atoms with van der Waals surface area (Å²) in [4.78, 5) is 0. The minimum atomic E-state index is -0.443. The van der Waals surface area contributed by atoms with Crippen LogP contribution in [-0.4, -0.2) is 0 Å². The molecule has 94 valence electrons.